The standard InChI is InChI=1S/C16H24F6N4O8S2/c17-15(18,19)35(29,30)25(3-1-23-5-9-33-10-6-23)13(27)14(28)26(36(31,32)16(20,21)22)4-2-24-7-11-34-12-8-24/h1-12H2. The Bertz CT molecular complexity index is 913. The first-order valence-corrected chi connectivity index (χ1v) is 13.2. The lowest BCUT2D eigenvalue weighted by molar-refractivity contribution is -0.147. The highest BCUT2D eigenvalue weighted by Gasteiger charge is 2.56. The summed E-state index contributed by atoms with van der Waals surface area (Å²) in [7, 11) is -13.1. The highest BCUT2D eigenvalue weighted by Crippen LogP contribution is 2.30. The van der Waals surface area contributed by atoms with Gasteiger partial charge in [0.2, 0.25) is 0 Å². The van der Waals surface area contributed by atoms with Crippen LogP contribution in [0.25, 0.3) is 0 Å². The molecule has 2 heterocycles. The van der Waals surface area contributed by atoms with E-state index in [0.717, 1.165) is 0 Å². The number of nitrogens with zero attached hydrogens (tertiary/aromatic N) is 4. The van der Waals surface area contributed by atoms with E-state index in [9.17, 15) is 52.8 Å². The van der Waals surface area contributed by atoms with Crippen molar-refractivity contribution in [3.8, 4) is 0 Å². The van der Waals surface area contributed by atoms with Crippen LogP contribution in [0.5, 0.6) is 0 Å². The first-order valence-electron chi connectivity index (χ1n) is 10.4. The van der Waals surface area contributed by atoms with Crippen LogP contribution in [0.4, 0.5) is 26.3 Å². The zero-order valence-corrected chi connectivity index (χ0v) is 20.3. The van der Waals surface area contributed by atoms with Crippen LogP contribution in [0.3, 0.4) is 0 Å². The van der Waals surface area contributed by atoms with E-state index in [0.29, 0.717) is 0 Å². The molecule has 0 aromatic carbocycles. The molecule has 0 radical (unpaired) electrons. The maximum Gasteiger partial charge on any atom is 0.516 e. The summed E-state index contributed by atoms with van der Waals surface area (Å²) < 4.78 is 136. The molecule has 2 aliphatic heterocycles. The summed E-state index contributed by atoms with van der Waals surface area (Å²) >= 11 is 0. The molecule has 36 heavy (non-hydrogen) atoms. The van der Waals surface area contributed by atoms with E-state index >= 15 is 0 Å². The van der Waals surface area contributed by atoms with Crippen LogP contribution in [0.15, 0.2) is 0 Å². The summed E-state index contributed by atoms with van der Waals surface area (Å²) in [5.41, 5.74) is -12.2. The summed E-state index contributed by atoms with van der Waals surface area (Å²) in [6.07, 6.45) is 0. The Hall–Kier alpha value is -1.74. The van der Waals surface area contributed by atoms with Crippen molar-refractivity contribution in [3.05, 3.63) is 0 Å². The molecule has 0 saturated carbocycles. The van der Waals surface area contributed by atoms with Gasteiger partial charge in [-0.3, -0.25) is 19.4 Å². The van der Waals surface area contributed by atoms with Crippen molar-refractivity contribution in [2.75, 3.05) is 78.8 Å². The van der Waals surface area contributed by atoms with Crippen LogP contribution >= 0.6 is 0 Å². The minimum absolute atomic E-state index is 0.135. The van der Waals surface area contributed by atoms with Crippen LogP contribution in [0.1, 0.15) is 0 Å². The van der Waals surface area contributed by atoms with Gasteiger partial charge in [0.1, 0.15) is 0 Å². The van der Waals surface area contributed by atoms with Gasteiger partial charge in [-0.15, -0.1) is 0 Å². The van der Waals surface area contributed by atoms with Gasteiger partial charge < -0.3 is 9.47 Å². The molecule has 0 aromatic rings. The third-order valence-corrected chi connectivity index (χ3v) is 8.27. The van der Waals surface area contributed by atoms with Crippen molar-refractivity contribution < 1.29 is 62.2 Å². The van der Waals surface area contributed by atoms with E-state index in [2.05, 4.69) is 0 Å². The van der Waals surface area contributed by atoms with Crippen molar-refractivity contribution in [1.82, 2.24) is 18.4 Å². The second-order valence-electron chi connectivity index (χ2n) is 7.56. The molecule has 20 heteroatoms. The number of carbonyl (C=O) groups excluding carboxylic acids is 2. The number of hydrogen-bond acceptors (Lipinski definition) is 10. The molecule has 0 N–H and O–H groups in total. The van der Waals surface area contributed by atoms with Gasteiger partial charge in [0.05, 0.1) is 39.5 Å². The topological polar surface area (TPSA) is 134 Å². The lowest BCUT2D eigenvalue weighted by Crippen LogP contribution is -2.57. The minimum atomic E-state index is -6.56. The second kappa shape index (κ2) is 11.8. The Balaban J connectivity index is 2.36. The molecular weight excluding hydrogens is 554 g/mol. The Morgan fingerprint density at radius 3 is 1.17 bits per heavy atom. The first-order chi connectivity index (χ1) is 16.5. The van der Waals surface area contributed by atoms with Gasteiger partial charge in [-0.05, 0) is 0 Å². The predicted octanol–water partition coefficient (Wildman–Crippen LogP) is -0.993. The van der Waals surface area contributed by atoms with Crippen LogP contribution in [0.2, 0.25) is 0 Å². The number of sulfonamides is 2. The average molecular weight is 579 g/mol. The number of amides is 2. The van der Waals surface area contributed by atoms with Crippen molar-refractivity contribution in [2.24, 2.45) is 0 Å². The number of morpholine rings is 2. The molecule has 0 spiro atoms. The number of ether oxygens (including phenoxy) is 2. The van der Waals surface area contributed by atoms with Crippen LogP contribution in [-0.4, -0.2) is 137 Å². The summed E-state index contributed by atoms with van der Waals surface area (Å²) in [6.45, 7) is -2.48. The quantitative estimate of drug-likeness (QED) is 0.261. The van der Waals surface area contributed by atoms with Gasteiger partial charge in [-0.25, -0.2) is 8.61 Å². The molecule has 2 rings (SSSR count). The number of hydrogen-bond donors (Lipinski definition) is 0. The van der Waals surface area contributed by atoms with Gasteiger partial charge in [0.25, 0.3) is 0 Å². The SMILES string of the molecule is O=C(C(=O)N(CCN1CCOCC1)S(=O)(=O)C(F)(F)F)N(CCN1CCOCC1)S(=O)(=O)C(F)(F)F. The van der Waals surface area contributed by atoms with E-state index < -0.39 is 77.7 Å². The molecule has 2 aliphatic rings. The van der Waals surface area contributed by atoms with Gasteiger partial charge in [0, 0.05) is 39.3 Å². The van der Waals surface area contributed by atoms with Crippen molar-refractivity contribution in [3.63, 3.8) is 0 Å². The maximum atomic E-state index is 13.2. The number of carbonyl (C=O) groups is 2. The first kappa shape index (κ1) is 30.5. The summed E-state index contributed by atoms with van der Waals surface area (Å²) in [5.74, 6) is -5.18. The normalized spacial score (nSPS) is 19.2. The highest BCUT2D eigenvalue weighted by atomic mass is 32.2. The van der Waals surface area contributed by atoms with Crippen molar-refractivity contribution >= 4 is 31.9 Å². The molecular formula is C16H24F6N4O8S2. The maximum absolute atomic E-state index is 13.2. The Morgan fingerprint density at radius 2 is 0.917 bits per heavy atom. The second-order valence-corrected chi connectivity index (χ2v) is 11.3. The molecule has 0 aromatic heterocycles. The van der Waals surface area contributed by atoms with E-state index in [-0.39, 0.29) is 52.6 Å². The van der Waals surface area contributed by atoms with Gasteiger partial charge in [0.15, 0.2) is 0 Å². The molecule has 0 aliphatic carbocycles. The molecule has 0 bridgehead atoms. The third-order valence-electron chi connectivity index (χ3n) is 5.25. The summed E-state index contributed by atoms with van der Waals surface area (Å²) in [5, 5.41) is 0. The fourth-order valence-electron chi connectivity index (χ4n) is 3.24. The smallest absolute Gasteiger partial charge is 0.379 e. The predicted molar refractivity (Wildman–Crippen MR) is 108 cm³/mol. The van der Waals surface area contributed by atoms with Gasteiger partial charge in [-0.1, -0.05) is 0 Å². The third kappa shape index (κ3) is 7.18. The molecule has 2 amide bonds. The Labute approximate surface area is 202 Å². The van der Waals surface area contributed by atoms with Gasteiger partial charge in [-0.2, -0.15) is 43.2 Å². The molecule has 210 valence electrons. The largest absolute Gasteiger partial charge is 0.516 e. The van der Waals surface area contributed by atoms with Gasteiger partial charge >= 0.3 is 42.9 Å². The van der Waals surface area contributed by atoms with E-state index in [1.54, 1.807) is 0 Å². The number of halogens is 6. The zero-order chi connectivity index (χ0) is 27.4. The molecule has 12 nitrogen and oxygen atoms in total. The monoisotopic (exact) mass is 578 g/mol. The number of rotatable bonds is 8. The van der Waals surface area contributed by atoms with Crippen LogP contribution in [-0.2, 0) is 39.1 Å². The number of alkyl halides is 6. The van der Waals surface area contributed by atoms with E-state index in [1.807, 2.05) is 0 Å². The fraction of sp³-hybridized carbons (Fsp3) is 0.875. The van der Waals surface area contributed by atoms with Crippen LogP contribution in [0, 0.1) is 0 Å². The summed E-state index contributed by atoms with van der Waals surface area (Å²) in [4.78, 5) is 28.0. The Kier molecular flexibility index (Phi) is 9.96. The lowest BCUT2D eigenvalue weighted by Gasteiger charge is -2.32. The molecule has 0 atom stereocenters. The molecule has 2 saturated heterocycles. The van der Waals surface area contributed by atoms with Crippen LogP contribution < -0.4 is 0 Å². The Morgan fingerprint density at radius 1 is 0.639 bits per heavy atom. The highest BCUT2D eigenvalue weighted by molar-refractivity contribution is 7.91. The lowest BCUT2D eigenvalue weighted by atomic mass is 10.4. The summed E-state index contributed by atoms with van der Waals surface area (Å²) in [6, 6.07) is 0. The van der Waals surface area contributed by atoms with Crippen molar-refractivity contribution in [1.29, 1.82) is 0 Å². The fourth-order valence-corrected chi connectivity index (χ4v) is 4.98. The zero-order valence-electron chi connectivity index (χ0n) is 18.6. The van der Waals surface area contributed by atoms with Crippen molar-refractivity contribution in [2.45, 2.75) is 11.0 Å². The molecule has 2 fully saturated rings. The average Bonchev–Trinajstić information content (AvgIpc) is 2.78. The van der Waals surface area contributed by atoms with E-state index in [1.165, 1.54) is 9.80 Å². The molecule has 0 unspecified atom stereocenters. The minimum Gasteiger partial charge on any atom is -0.379 e. The van der Waals surface area contributed by atoms with E-state index in [4.69, 9.17) is 9.47 Å².